The summed E-state index contributed by atoms with van der Waals surface area (Å²) in [6, 6.07) is 8.95. The fourth-order valence-electron chi connectivity index (χ4n) is 2.97. The van der Waals surface area contributed by atoms with E-state index in [2.05, 4.69) is 4.98 Å². The molecule has 3 rings (SSSR count). The Bertz CT molecular complexity index is 874. The number of carbonyl (C=O) groups is 1. The summed E-state index contributed by atoms with van der Waals surface area (Å²) in [5.74, 6) is -0.829. The topological polar surface area (TPSA) is 70.6 Å². The Kier molecular flexibility index (Phi) is 5.63. The molecule has 138 valence electrons. The molecule has 1 aliphatic heterocycles. The quantitative estimate of drug-likeness (QED) is 0.813. The van der Waals surface area contributed by atoms with E-state index in [0.29, 0.717) is 13.0 Å². The van der Waals surface area contributed by atoms with Crippen molar-refractivity contribution < 1.29 is 17.6 Å². The van der Waals surface area contributed by atoms with Crippen LogP contribution in [0.4, 0.5) is 4.39 Å². The maximum Gasteiger partial charge on any atom is 0.246 e. The van der Waals surface area contributed by atoms with Crippen LogP contribution in [-0.4, -0.2) is 54.7 Å². The summed E-state index contributed by atoms with van der Waals surface area (Å²) in [6.07, 6.45) is 4.02. The van der Waals surface area contributed by atoms with Crippen LogP contribution < -0.4 is 0 Å². The van der Waals surface area contributed by atoms with E-state index in [-0.39, 0.29) is 36.9 Å². The molecule has 1 aromatic carbocycles. The fourth-order valence-corrected chi connectivity index (χ4v) is 4.50. The van der Waals surface area contributed by atoms with Gasteiger partial charge in [-0.1, -0.05) is 18.2 Å². The van der Waals surface area contributed by atoms with Gasteiger partial charge in [0.25, 0.3) is 0 Å². The Labute approximate surface area is 152 Å². The number of halogens is 1. The molecule has 0 bridgehead atoms. The van der Waals surface area contributed by atoms with Crippen molar-refractivity contribution in [1.82, 2.24) is 14.2 Å². The minimum absolute atomic E-state index is 0.0665. The summed E-state index contributed by atoms with van der Waals surface area (Å²) in [5, 5.41) is 0. The molecule has 0 N–H and O–H groups in total. The molecule has 1 amide bonds. The van der Waals surface area contributed by atoms with E-state index in [1.54, 1.807) is 23.4 Å². The monoisotopic (exact) mass is 377 g/mol. The molecule has 1 aliphatic rings. The number of hydrogen-bond acceptors (Lipinski definition) is 4. The average Bonchev–Trinajstić information content (AvgIpc) is 2.89. The molecule has 0 unspecified atom stereocenters. The molecular formula is C18H20FN3O3S. The standard InChI is InChI=1S/C18H20FN3O3S/c19-16-6-1-2-7-17(16)26(24,25)22-10-4-9-21(11-12-22)18(23)13-15-5-3-8-20-14-15/h1-3,5-8,14H,4,9-13H2. The maximum atomic E-state index is 13.9. The molecule has 1 fully saturated rings. The van der Waals surface area contributed by atoms with Crippen molar-refractivity contribution in [2.24, 2.45) is 0 Å². The predicted octanol–water partition coefficient (Wildman–Crippen LogP) is 1.69. The lowest BCUT2D eigenvalue weighted by molar-refractivity contribution is -0.130. The zero-order chi connectivity index (χ0) is 18.6. The molecular weight excluding hydrogens is 357 g/mol. The largest absolute Gasteiger partial charge is 0.341 e. The van der Waals surface area contributed by atoms with Crippen molar-refractivity contribution in [2.45, 2.75) is 17.7 Å². The fraction of sp³-hybridized carbons (Fsp3) is 0.333. The van der Waals surface area contributed by atoms with Crippen molar-refractivity contribution in [1.29, 1.82) is 0 Å². The van der Waals surface area contributed by atoms with E-state index in [4.69, 9.17) is 0 Å². The molecule has 6 nitrogen and oxygen atoms in total. The Hall–Kier alpha value is -2.32. The van der Waals surface area contributed by atoms with Gasteiger partial charge in [-0.25, -0.2) is 12.8 Å². The maximum absolute atomic E-state index is 13.9. The minimum Gasteiger partial charge on any atom is -0.341 e. The first-order valence-electron chi connectivity index (χ1n) is 8.40. The van der Waals surface area contributed by atoms with Crippen LogP contribution >= 0.6 is 0 Å². The third kappa shape index (κ3) is 4.08. The van der Waals surface area contributed by atoms with Crippen molar-refractivity contribution in [3.63, 3.8) is 0 Å². The van der Waals surface area contributed by atoms with Crippen LogP contribution in [0.2, 0.25) is 0 Å². The van der Waals surface area contributed by atoms with Gasteiger partial charge in [0.2, 0.25) is 15.9 Å². The van der Waals surface area contributed by atoms with E-state index in [1.165, 1.54) is 22.5 Å². The number of amides is 1. The second-order valence-corrected chi connectivity index (χ2v) is 8.01. The molecule has 1 aromatic heterocycles. The van der Waals surface area contributed by atoms with Crippen molar-refractivity contribution >= 4 is 15.9 Å². The van der Waals surface area contributed by atoms with Crippen molar-refractivity contribution in [3.8, 4) is 0 Å². The smallest absolute Gasteiger partial charge is 0.246 e. The second kappa shape index (κ2) is 7.92. The summed E-state index contributed by atoms with van der Waals surface area (Å²) in [5.41, 5.74) is 0.817. The minimum atomic E-state index is -3.91. The van der Waals surface area contributed by atoms with Gasteiger partial charge in [-0.3, -0.25) is 9.78 Å². The lowest BCUT2D eigenvalue weighted by Crippen LogP contribution is -2.38. The Balaban J connectivity index is 1.68. The van der Waals surface area contributed by atoms with E-state index in [9.17, 15) is 17.6 Å². The number of rotatable bonds is 4. The van der Waals surface area contributed by atoms with Crippen LogP contribution in [0.1, 0.15) is 12.0 Å². The highest BCUT2D eigenvalue weighted by Gasteiger charge is 2.30. The van der Waals surface area contributed by atoms with Gasteiger partial charge in [0.15, 0.2) is 0 Å². The van der Waals surface area contributed by atoms with Crippen LogP contribution in [0, 0.1) is 5.82 Å². The van der Waals surface area contributed by atoms with Gasteiger partial charge < -0.3 is 4.90 Å². The van der Waals surface area contributed by atoms with Crippen LogP contribution in [0.25, 0.3) is 0 Å². The number of pyridine rings is 1. The Morgan fingerprint density at radius 2 is 1.88 bits per heavy atom. The van der Waals surface area contributed by atoms with Gasteiger partial charge in [-0.2, -0.15) is 4.31 Å². The molecule has 8 heteroatoms. The zero-order valence-corrected chi connectivity index (χ0v) is 15.0. The molecule has 0 aliphatic carbocycles. The van der Waals surface area contributed by atoms with Gasteiger partial charge >= 0.3 is 0 Å². The number of benzene rings is 1. The summed E-state index contributed by atoms with van der Waals surface area (Å²) in [4.78, 5) is 17.8. The molecule has 0 spiro atoms. The molecule has 0 atom stereocenters. The zero-order valence-electron chi connectivity index (χ0n) is 14.2. The third-order valence-electron chi connectivity index (χ3n) is 4.34. The molecule has 2 heterocycles. The summed E-state index contributed by atoms with van der Waals surface area (Å²) in [7, 11) is -3.91. The van der Waals surface area contributed by atoms with E-state index in [1.807, 2.05) is 6.07 Å². The van der Waals surface area contributed by atoms with E-state index in [0.717, 1.165) is 11.6 Å². The lowest BCUT2D eigenvalue weighted by Gasteiger charge is -2.22. The first-order valence-corrected chi connectivity index (χ1v) is 9.84. The van der Waals surface area contributed by atoms with E-state index >= 15 is 0 Å². The van der Waals surface area contributed by atoms with Crippen molar-refractivity contribution in [2.75, 3.05) is 26.2 Å². The highest BCUT2D eigenvalue weighted by molar-refractivity contribution is 7.89. The van der Waals surface area contributed by atoms with Gasteiger partial charge in [-0.15, -0.1) is 0 Å². The predicted molar refractivity (Wildman–Crippen MR) is 94.3 cm³/mol. The molecule has 2 aromatic rings. The van der Waals surface area contributed by atoms with Crippen LogP contribution in [0.15, 0.2) is 53.7 Å². The van der Waals surface area contributed by atoms with Gasteiger partial charge in [0, 0.05) is 38.6 Å². The lowest BCUT2D eigenvalue weighted by atomic mass is 10.2. The van der Waals surface area contributed by atoms with Gasteiger partial charge in [0.05, 0.1) is 6.42 Å². The first-order chi connectivity index (χ1) is 12.5. The van der Waals surface area contributed by atoms with Crippen LogP contribution in [0.5, 0.6) is 0 Å². The van der Waals surface area contributed by atoms with Gasteiger partial charge in [0.1, 0.15) is 10.7 Å². The summed E-state index contributed by atoms with van der Waals surface area (Å²) < 4.78 is 40.6. The normalized spacial score (nSPS) is 16.3. The molecule has 26 heavy (non-hydrogen) atoms. The Morgan fingerprint density at radius 3 is 2.62 bits per heavy atom. The average molecular weight is 377 g/mol. The molecule has 0 saturated carbocycles. The number of carbonyl (C=O) groups excluding carboxylic acids is 1. The molecule has 1 saturated heterocycles. The second-order valence-electron chi connectivity index (χ2n) is 6.11. The number of aromatic nitrogens is 1. The Morgan fingerprint density at radius 1 is 1.08 bits per heavy atom. The highest BCUT2D eigenvalue weighted by Crippen LogP contribution is 2.20. The van der Waals surface area contributed by atoms with Gasteiger partial charge in [-0.05, 0) is 30.2 Å². The van der Waals surface area contributed by atoms with Crippen LogP contribution in [0.3, 0.4) is 0 Å². The number of hydrogen-bond donors (Lipinski definition) is 0. The number of nitrogens with zero attached hydrogens (tertiary/aromatic N) is 3. The van der Waals surface area contributed by atoms with Crippen molar-refractivity contribution in [3.05, 3.63) is 60.2 Å². The highest BCUT2D eigenvalue weighted by atomic mass is 32.2. The molecule has 0 radical (unpaired) electrons. The van der Waals surface area contributed by atoms with E-state index < -0.39 is 15.8 Å². The SMILES string of the molecule is O=C(Cc1cccnc1)N1CCCN(S(=O)(=O)c2ccccc2F)CC1. The summed E-state index contributed by atoms with van der Waals surface area (Å²) in [6.45, 7) is 1.16. The summed E-state index contributed by atoms with van der Waals surface area (Å²) >= 11 is 0. The first kappa shape index (κ1) is 18.5. The third-order valence-corrected chi connectivity index (χ3v) is 6.27. The van der Waals surface area contributed by atoms with Crippen LogP contribution in [-0.2, 0) is 21.2 Å². The number of sulfonamides is 1.